The van der Waals surface area contributed by atoms with E-state index in [0.29, 0.717) is 13.0 Å². The summed E-state index contributed by atoms with van der Waals surface area (Å²) in [4.78, 5) is 11.1. The molecule has 1 aliphatic heterocycles. The third kappa shape index (κ3) is 2.50. The average Bonchev–Trinajstić information content (AvgIpc) is 2.52. The molecule has 1 aliphatic rings. The van der Waals surface area contributed by atoms with Gasteiger partial charge in [0.2, 0.25) is 0 Å². The SMILES string of the molecule is [CH2]CCOC(=O)[C@H]1CCCN1. The molecule has 0 aliphatic carbocycles. The molecule has 1 fully saturated rings. The molecule has 0 bridgehead atoms. The monoisotopic (exact) mass is 156 g/mol. The summed E-state index contributed by atoms with van der Waals surface area (Å²) in [5.74, 6) is -0.119. The highest BCUT2D eigenvalue weighted by Crippen LogP contribution is 2.06. The van der Waals surface area contributed by atoms with Crippen molar-refractivity contribution < 1.29 is 9.53 Å². The largest absolute Gasteiger partial charge is 0.465 e. The lowest BCUT2D eigenvalue weighted by Gasteiger charge is -2.08. The molecule has 0 amide bonds. The fourth-order valence-corrected chi connectivity index (χ4v) is 1.16. The Labute approximate surface area is 67.1 Å². The van der Waals surface area contributed by atoms with Gasteiger partial charge in [0.25, 0.3) is 0 Å². The minimum atomic E-state index is -0.119. The maximum atomic E-state index is 11.1. The lowest BCUT2D eigenvalue weighted by Crippen LogP contribution is -2.32. The van der Waals surface area contributed by atoms with Crippen molar-refractivity contribution in [2.24, 2.45) is 0 Å². The second-order valence-corrected chi connectivity index (χ2v) is 2.67. The molecule has 0 unspecified atom stereocenters. The van der Waals surface area contributed by atoms with Crippen LogP contribution in [0.15, 0.2) is 0 Å². The van der Waals surface area contributed by atoms with E-state index in [1.165, 1.54) is 0 Å². The van der Waals surface area contributed by atoms with Crippen LogP contribution >= 0.6 is 0 Å². The Morgan fingerprint density at radius 3 is 3.09 bits per heavy atom. The van der Waals surface area contributed by atoms with Gasteiger partial charge in [-0.25, -0.2) is 0 Å². The van der Waals surface area contributed by atoms with Crippen LogP contribution in [0.4, 0.5) is 0 Å². The topological polar surface area (TPSA) is 38.3 Å². The van der Waals surface area contributed by atoms with Gasteiger partial charge in [0.05, 0.1) is 6.61 Å². The third-order valence-electron chi connectivity index (χ3n) is 1.73. The van der Waals surface area contributed by atoms with Crippen LogP contribution in [0.1, 0.15) is 19.3 Å². The van der Waals surface area contributed by atoms with Crippen LogP contribution in [0.3, 0.4) is 0 Å². The van der Waals surface area contributed by atoms with Gasteiger partial charge in [-0.2, -0.15) is 0 Å². The smallest absolute Gasteiger partial charge is 0.323 e. The highest BCUT2D eigenvalue weighted by Gasteiger charge is 2.22. The van der Waals surface area contributed by atoms with E-state index in [-0.39, 0.29) is 12.0 Å². The molecule has 63 valence electrons. The van der Waals surface area contributed by atoms with E-state index in [0.717, 1.165) is 19.4 Å². The van der Waals surface area contributed by atoms with Gasteiger partial charge in [-0.05, 0) is 32.7 Å². The molecule has 3 nitrogen and oxygen atoms in total. The number of hydrogen-bond donors (Lipinski definition) is 1. The van der Waals surface area contributed by atoms with Crippen LogP contribution in [0.2, 0.25) is 0 Å². The zero-order chi connectivity index (χ0) is 8.10. The molecule has 1 rings (SSSR count). The Balaban J connectivity index is 2.17. The molecule has 3 heteroatoms. The number of nitrogens with one attached hydrogen (secondary N) is 1. The van der Waals surface area contributed by atoms with Crippen LogP contribution in [-0.4, -0.2) is 25.2 Å². The molecule has 1 atom stereocenters. The van der Waals surface area contributed by atoms with Crippen molar-refractivity contribution in [2.45, 2.75) is 25.3 Å². The predicted molar refractivity (Wildman–Crippen MR) is 42.0 cm³/mol. The fourth-order valence-electron chi connectivity index (χ4n) is 1.16. The summed E-state index contributed by atoms with van der Waals surface area (Å²) in [6, 6.07) is -0.0541. The first-order chi connectivity index (χ1) is 5.34. The highest BCUT2D eigenvalue weighted by molar-refractivity contribution is 5.76. The summed E-state index contributed by atoms with van der Waals surface area (Å²) in [5.41, 5.74) is 0. The van der Waals surface area contributed by atoms with Crippen LogP contribution in [-0.2, 0) is 9.53 Å². The van der Waals surface area contributed by atoms with E-state index >= 15 is 0 Å². The van der Waals surface area contributed by atoms with Gasteiger partial charge in [-0.1, -0.05) is 0 Å². The van der Waals surface area contributed by atoms with Gasteiger partial charge >= 0.3 is 5.97 Å². The van der Waals surface area contributed by atoms with Crippen LogP contribution in [0.25, 0.3) is 0 Å². The highest BCUT2D eigenvalue weighted by atomic mass is 16.5. The minimum absolute atomic E-state index is 0.0541. The second-order valence-electron chi connectivity index (χ2n) is 2.67. The first-order valence-electron chi connectivity index (χ1n) is 4.04. The molecule has 1 N–H and O–H groups in total. The van der Waals surface area contributed by atoms with E-state index in [1.807, 2.05) is 0 Å². The van der Waals surface area contributed by atoms with Crippen molar-refractivity contribution in [3.05, 3.63) is 6.92 Å². The lowest BCUT2D eigenvalue weighted by molar-refractivity contribution is -0.145. The average molecular weight is 156 g/mol. The zero-order valence-electron chi connectivity index (χ0n) is 6.64. The summed E-state index contributed by atoms with van der Waals surface area (Å²) >= 11 is 0. The molecule has 0 spiro atoms. The Morgan fingerprint density at radius 1 is 1.73 bits per heavy atom. The van der Waals surface area contributed by atoms with Gasteiger partial charge in [-0.15, -0.1) is 0 Å². The molecule has 11 heavy (non-hydrogen) atoms. The lowest BCUT2D eigenvalue weighted by atomic mass is 10.2. The number of esters is 1. The van der Waals surface area contributed by atoms with Crippen LogP contribution in [0.5, 0.6) is 0 Å². The maximum absolute atomic E-state index is 11.1. The number of carbonyl (C=O) groups is 1. The van der Waals surface area contributed by atoms with Gasteiger partial charge < -0.3 is 10.1 Å². The molecule has 0 aromatic rings. The Kier molecular flexibility index (Phi) is 3.36. The van der Waals surface area contributed by atoms with Crippen LogP contribution < -0.4 is 5.32 Å². The molecular weight excluding hydrogens is 142 g/mol. The number of rotatable bonds is 3. The number of carbonyl (C=O) groups excluding carboxylic acids is 1. The second kappa shape index (κ2) is 4.34. The quantitative estimate of drug-likeness (QED) is 0.605. The Bertz CT molecular complexity index is 130. The molecular formula is C8H14NO2. The van der Waals surface area contributed by atoms with Crippen molar-refractivity contribution in [3.8, 4) is 0 Å². The summed E-state index contributed by atoms with van der Waals surface area (Å²) in [7, 11) is 0. The fraction of sp³-hybridized carbons (Fsp3) is 0.750. The Hall–Kier alpha value is -0.570. The van der Waals surface area contributed by atoms with Crippen molar-refractivity contribution in [1.82, 2.24) is 5.32 Å². The normalized spacial score (nSPS) is 23.5. The summed E-state index contributed by atoms with van der Waals surface area (Å²) in [6.45, 7) is 4.96. The third-order valence-corrected chi connectivity index (χ3v) is 1.73. The van der Waals surface area contributed by atoms with Gasteiger partial charge in [0, 0.05) is 0 Å². The van der Waals surface area contributed by atoms with E-state index in [1.54, 1.807) is 0 Å². The zero-order valence-corrected chi connectivity index (χ0v) is 6.64. The first kappa shape index (κ1) is 8.53. The van der Waals surface area contributed by atoms with Crippen molar-refractivity contribution in [1.29, 1.82) is 0 Å². The minimum Gasteiger partial charge on any atom is -0.465 e. The molecule has 1 saturated heterocycles. The van der Waals surface area contributed by atoms with Crippen molar-refractivity contribution in [2.75, 3.05) is 13.2 Å². The van der Waals surface area contributed by atoms with Crippen molar-refractivity contribution in [3.63, 3.8) is 0 Å². The van der Waals surface area contributed by atoms with E-state index < -0.39 is 0 Å². The molecule has 1 heterocycles. The number of ether oxygens (including phenoxy) is 1. The predicted octanol–water partition coefficient (Wildman–Crippen LogP) is 0.506. The van der Waals surface area contributed by atoms with Gasteiger partial charge in [0.15, 0.2) is 0 Å². The summed E-state index contributed by atoms with van der Waals surface area (Å²) in [6.07, 6.45) is 2.64. The van der Waals surface area contributed by atoms with E-state index in [2.05, 4.69) is 12.2 Å². The van der Waals surface area contributed by atoms with Crippen LogP contribution in [0, 0.1) is 6.92 Å². The number of hydrogen-bond acceptors (Lipinski definition) is 3. The summed E-state index contributed by atoms with van der Waals surface area (Å²) < 4.78 is 4.91. The van der Waals surface area contributed by atoms with E-state index in [4.69, 9.17) is 4.74 Å². The standard InChI is InChI=1S/C8H14NO2/c1-2-6-11-8(10)7-4-3-5-9-7/h7,9H,1-6H2/t7-/m1/s1. The first-order valence-corrected chi connectivity index (χ1v) is 4.04. The molecule has 0 aromatic carbocycles. The maximum Gasteiger partial charge on any atom is 0.323 e. The molecule has 0 aromatic heterocycles. The van der Waals surface area contributed by atoms with Gasteiger partial charge in [0.1, 0.15) is 6.04 Å². The summed E-state index contributed by atoms with van der Waals surface area (Å²) in [5, 5.41) is 3.07. The Morgan fingerprint density at radius 2 is 2.55 bits per heavy atom. The molecule has 0 saturated carbocycles. The molecule has 1 radical (unpaired) electrons. The van der Waals surface area contributed by atoms with E-state index in [9.17, 15) is 4.79 Å². The van der Waals surface area contributed by atoms with Gasteiger partial charge in [-0.3, -0.25) is 4.79 Å². The van der Waals surface area contributed by atoms with Crippen molar-refractivity contribution >= 4 is 5.97 Å².